The second-order valence-electron chi connectivity index (χ2n) is 4.70. The number of hydrogen-bond donors (Lipinski definition) is 3. The smallest absolute Gasteiger partial charge is 0.256 e. The van der Waals surface area contributed by atoms with Crippen LogP contribution in [0.1, 0.15) is 17.0 Å². The number of aryl methyl sites for hydroxylation is 1. The fourth-order valence-corrected chi connectivity index (χ4v) is 2.49. The molecule has 2 aromatic heterocycles. The number of hydrogen-bond acceptors (Lipinski definition) is 3. The van der Waals surface area contributed by atoms with Crippen LogP contribution < -0.4 is 5.32 Å². The zero-order valence-electron chi connectivity index (χ0n) is 10.7. The zero-order chi connectivity index (χ0) is 13.7. The van der Waals surface area contributed by atoms with Gasteiger partial charge < -0.3 is 15.3 Å². The zero-order valence-corrected chi connectivity index (χ0v) is 10.7. The van der Waals surface area contributed by atoms with E-state index in [1.54, 1.807) is 12.7 Å². The topological polar surface area (TPSA) is 86.5 Å². The molecular formula is C14H11N5O. The van der Waals surface area contributed by atoms with E-state index in [2.05, 4.69) is 25.3 Å². The van der Waals surface area contributed by atoms with Crippen LogP contribution in [-0.2, 0) is 4.79 Å². The molecule has 0 fully saturated rings. The number of benzene rings is 1. The molecule has 6 nitrogen and oxygen atoms in total. The summed E-state index contributed by atoms with van der Waals surface area (Å²) in [5.74, 6) is -0.121. The molecule has 6 heteroatoms. The lowest BCUT2D eigenvalue weighted by Gasteiger charge is -1.99. The summed E-state index contributed by atoms with van der Waals surface area (Å²) >= 11 is 0. The molecule has 0 bridgehead atoms. The Labute approximate surface area is 114 Å². The summed E-state index contributed by atoms with van der Waals surface area (Å²) in [4.78, 5) is 26.7. The number of carbonyl (C=O) groups is 1. The second-order valence-corrected chi connectivity index (χ2v) is 4.70. The standard InChI is InChI=1S/C14H11N5O/c1-7-11(17-5-15-7)4-8-12-9(19-14(8)20)2-3-10-13(12)18-6-16-10/h2-6H,1H3,(H,15,17)(H,16,18)(H,19,20)/b8-4+. The lowest BCUT2D eigenvalue weighted by atomic mass is 10.0. The van der Waals surface area contributed by atoms with Crippen LogP contribution >= 0.6 is 0 Å². The van der Waals surface area contributed by atoms with Crippen molar-refractivity contribution >= 4 is 34.3 Å². The second kappa shape index (κ2) is 3.80. The van der Waals surface area contributed by atoms with Crippen molar-refractivity contribution in [2.75, 3.05) is 5.32 Å². The molecule has 1 aliphatic rings. The lowest BCUT2D eigenvalue weighted by molar-refractivity contribution is -0.110. The molecule has 0 radical (unpaired) electrons. The average molecular weight is 265 g/mol. The fourth-order valence-electron chi connectivity index (χ4n) is 2.49. The molecule has 0 atom stereocenters. The van der Waals surface area contributed by atoms with Crippen molar-refractivity contribution in [3.63, 3.8) is 0 Å². The Morgan fingerprint density at radius 3 is 2.80 bits per heavy atom. The number of imidazole rings is 2. The Balaban J connectivity index is 2.00. The van der Waals surface area contributed by atoms with Gasteiger partial charge in [-0.3, -0.25) is 4.79 Å². The number of amides is 1. The van der Waals surface area contributed by atoms with Gasteiger partial charge in [0.05, 0.1) is 46.3 Å². The first kappa shape index (κ1) is 11.0. The summed E-state index contributed by atoms with van der Waals surface area (Å²) in [5, 5.41) is 2.87. The maximum absolute atomic E-state index is 12.2. The van der Waals surface area contributed by atoms with Crippen molar-refractivity contribution in [2.24, 2.45) is 0 Å². The quantitative estimate of drug-likeness (QED) is 0.589. The van der Waals surface area contributed by atoms with Crippen LogP contribution in [0.4, 0.5) is 5.69 Å². The van der Waals surface area contributed by atoms with Crippen LogP contribution in [0.25, 0.3) is 22.7 Å². The Kier molecular flexibility index (Phi) is 2.09. The van der Waals surface area contributed by atoms with Crippen LogP contribution in [0.5, 0.6) is 0 Å². The third-order valence-electron chi connectivity index (χ3n) is 3.51. The molecule has 0 saturated heterocycles. The molecule has 0 saturated carbocycles. The van der Waals surface area contributed by atoms with Crippen LogP contribution in [0.3, 0.4) is 0 Å². The van der Waals surface area contributed by atoms with Crippen LogP contribution in [0.15, 0.2) is 24.8 Å². The average Bonchev–Trinajstić information content (AvgIpc) is 3.10. The van der Waals surface area contributed by atoms with Gasteiger partial charge in [-0.1, -0.05) is 0 Å². The summed E-state index contributed by atoms with van der Waals surface area (Å²) < 4.78 is 0. The van der Waals surface area contributed by atoms with Crippen LogP contribution in [0.2, 0.25) is 0 Å². The van der Waals surface area contributed by atoms with Crippen molar-refractivity contribution in [3.05, 3.63) is 41.7 Å². The molecule has 0 spiro atoms. The number of carbonyl (C=O) groups excluding carboxylic acids is 1. The molecule has 3 aromatic rings. The number of anilines is 1. The van der Waals surface area contributed by atoms with E-state index in [-0.39, 0.29) is 5.91 Å². The van der Waals surface area contributed by atoms with Gasteiger partial charge in [-0.05, 0) is 25.1 Å². The normalized spacial score (nSPS) is 15.8. The van der Waals surface area contributed by atoms with Gasteiger partial charge in [-0.25, -0.2) is 9.97 Å². The molecule has 1 amide bonds. The Morgan fingerprint density at radius 2 is 2.00 bits per heavy atom. The Morgan fingerprint density at radius 1 is 1.15 bits per heavy atom. The first-order valence-corrected chi connectivity index (χ1v) is 6.23. The molecule has 20 heavy (non-hydrogen) atoms. The Hall–Kier alpha value is -2.89. The van der Waals surface area contributed by atoms with E-state index < -0.39 is 0 Å². The Bertz CT molecular complexity index is 871. The van der Waals surface area contributed by atoms with E-state index in [1.165, 1.54) is 0 Å². The number of fused-ring (bicyclic) bond motifs is 3. The van der Waals surface area contributed by atoms with Gasteiger partial charge in [-0.15, -0.1) is 0 Å². The summed E-state index contributed by atoms with van der Waals surface area (Å²) in [6.45, 7) is 1.89. The predicted molar refractivity (Wildman–Crippen MR) is 75.9 cm³/mol. The summed E-state index contributed by atoms with van der Waals surface area (Å²) in [6, 6.07) is 3.79. The van der Waals surface area contributed by atoms with Crippen LogP contribution in [-0.4, -0.2) is 25.8 Å². The first-order valence-electron chi connectivity index (χ1n) is 6.23. The van der Waals surface area contributed by atoms with Crippen LogP contribution in [0, 0.1) is 6.92 Å². The van der Waals surface area contributed by atoms with Gasteiger partial charge in [0.25, 0.3) is 5.91 Å². The summed E-state index contributed by atoms with van der Waals surface area (Å²) in [6.07, 6.45) is 5.06. The first-order chi connectivity index (χ1) is 9.74. The highest BCUT2D eigenvalue weighted by atomic mass is 16.2. The highest BCUT2D eigenvalue weighted by Gasteiger charge is 2.27. The number of nitrogens with zero attached hydrogens (tertiary/aromatic N) is 2. The molecule has 0 unspecified atom stereocenters. The summed E-state index contributed by atoms with van der Waals surface area (Å²) in [7, 11) is 0. The molecule has 3 heterocycles. The SMILES string of the molecule is Cc1nc[nH]c1/C=C1/C(=O)Nc2ccc3[nH]cnc3c21. The molecule has 0 aliphatic carbocycles. The molecule has 1 aromatic carbocycles. The van der Waals surface area contributed by atoms with Gasteiger partial charge >= 0.3 is 0 Å². The minimum Gasteiger partial charge on any atom is -0.345 e. The molecule has 98 valence electrons. The minimum absolute atomic E-state index is 0.121. The lowest BCUT2D eigenvalue weighted by Crippen LogP contribution is -2.03. The largest absolute Gasteiger partial charge is 0.345 e. The van der Waals surface area contributed by atoms with E-state index in [9.17, 15) is 4.79 Å². The van der Waals surface area contributed by atoms with Crippen molar-refractivity contribution in [2.45, 2.75) is 6.92 Å². The highest BCUT2D eigenvalue weighted by Crippen LogP contribution is 2.37. The van der Waals surface area contributed by atoms with Crippen molar-refractivity contribution in [3.8, 4) is 0 Å². The third kappa shape index (κ3) is 1.41. The van der Waals surface area contributed by atoms with Gasteiger partial charge in [0.1, 0.15) is 0 Å². The molecule has 3 N–H and O–H groups in total. The molecule has 1 aliphatic heterocycles. The van der Waals surface area contributed by atoms with E-state index in [4.69, 9.17) is 0 Å². The number of aromatic nitrogens is 4. The number of aromatic amines is 2. The van der Waals surface area contributed by atoms with Gasteiger partial charge in [0.15, 0.2) is 0 Å². The molecular weight excluding hydrogens is 254 g/mol. The van der Waals surface area contributed by atoms with Gasteiger partial charge in [0.2, 0.25) is 0 Å². The van der Waals surface area contributed by atoms with Gasteiger partial charge in [0, 0.05) is 5.56 Å². The minimum atomic E-state index is -0.121. The maximum Gasteiger partial charge on any atom is 0.256 e. The van der Waals surface area contributed by atoms with E-state index in [1.807, 2.05) is 25.1 Å². The highest BCUT2D eigenvalue weighted by molar-refractivity contribution is 6.37. The molecule has 4 rings (SSSR count). The summed E-state index contributed by atoms with van der Waals surface area (Å²) in [5.41, 5.74) is 5.62. The predicted octanol–water partition coefficient (Wildman–Crippen LogP) is 2.09. The van der Waals surface area contributed by atoms with E-state index in [0.717, 1.165) is 33.7 Å². The van der Waals surface area contributed by atoms with E-state index in [0.29, 0.717) is 5.57 Å². The number of H-pyrrole nitrogens is 2. The van der Waals surface area contributed by atoms with Crippen molar-refractivity contribution in [1.29, 1.82) is 0 Å². The van der Waals surface area contributed by atoms with E-state index >= 15 is 0 Å². The fraction of sp³-hybridized carbons (Fsp3) is 0.0714. The third-order valence-corrected chi connectivity index (χ3v) is 3.51. The maximum atomic E-state index is 12.2. The van der Waals surface area contributed by atoms with Crippen molar-refractivity contribution < 1.29 is 4.79 Å². The monoisotopic (exact) mass is 265 g/mol. The van der Waals surface area contributed by atoms with Gasteiger partial charge in [-0.2, -0.15) is 0 Å². The number of rotatable bonds is 1. The van der Waals surface area contributed by atoms with Crippen molar-refractivity contribution in [1.82, 2.24) is 19.9 Å². The number of nitrogens with one attached hydrogen (secondary N) is 3.